The third-order valence-electron chi connectivity index (χ3n) is 5.05. The lowest BCUT2D eigenvalue weighted by molar-refractivity contribution is -0.137. The van der Waals surface area contributed by atoms with Crippen molar-refractivity contribution in [2.75, 3.05) is 19.6 Å². The van der Waals surface area contributed by atoms with Gasteiger partial charge in [0.05, 0.1) is 12.0 Å². The van der Waals surface area contributed by atoms with Gasteiger partial charge in [-0.1, -0.05) is 30.3 Å². The second kappa shape index (κ2) is 6.77. The van der Waals surface area contributed by atoms with Crippen LogP contribution in [-0.2, 0) is 4.79 Å². The van der Waals surface area contributed by atoms with Crippen molar-refractivity contribution < 1.29 is 4.79 Å². The first-order valence-electron chi connectivity index (χ1n) is 8.24. The van der Waals surface area contributed by atoms with Crippen LogP contribution < -0.4 is 16.6 Å². The van der Waals surface area contributed by atoms with Crippen LogP contribution in [0.4, 0.5) is 0 Å². The average Bonchev–Trinajstić information content (AvgIpc) is 3.04. The number of piperidine rings is 1. The number of hydrazine groups is 1. The van der Waals surface area contributed by atoms with Gasteiger partial charge in [0.15, 0.2) is 0 Å². The van der Waals surface area contributed by atoms with E-state index in [-0.39, 0.29) is 23.9 Å². The van der Waals surface area contributed by atoms with Crippen molar-refractivity contribution in [1.82, 2.24) is 15.8 Å². The molecule has 5 heteroatoms. The van der Waals surface area contributed by atoms with Gasteiger partial charge in [0.25, 0.3) is 0 Å². The van der Waals surface area contributed by atoms with Gasteiger partial charge in [0, 0.05) is 25.7 Å². The van der Waals surface area contributed by atoms with Gasteiger partial charge in [-0.05, 0) is 31.2 Å². The van der Waals surface area contributed by atoms with Crippen molar-refractivity contribution in [2.24, 2.45) is 17.6 Å². The Hall–Kier alpha value is -1.43. The van der Waals surface area contributed by atoms with Crippen LogP contribution in [0.3, 0.4) is 0 Å². The molecule has 0 aliphatic carbocycles. The molecule has 2 saturated heterocycles. The van der Waals surface area contributed by atoms with Crippen LogP contribution in [0.15, 0.2) is 30.3 Å². The SMILES string of the molecule is CC(N)C1CCN(C(=O)C2CNNC2c2ccccc2)CC1. The molecule has 2 aliphatic heterocycles. The number of carbonyl (C=O) groups excluding carboxylic acids is 1. The molecular weight excluding hydrogens is 276 g/mol. The highest BCUT2D eigenvalue weighted by Gasteiger charge is 2.37. The van der Waals surface area contributed by atoms with Gasteiger partial charge in [0.1, 0.15) is 0 Å². The minimum Gasteiger partial charge on any atom is -0.342 e. The smallest absolute Gasteiger partial charge is 0.229 e. The maximum absolute atomic E-state index is 12.9. The number of hydrogen-bond donors (Lipinski definition) is 3. The van der Waals surface area contributed by atoms with E-state index in [9.17, 15) is 4.79 Å². The Kier molecular flexibility index (Phi) is 4.76. The minimum absolute atomic E-state index is 0.0331. The van der Waals surface area contributed by atoms with Crippen LogP contribution >= 0.6 is 0 Å². The molecule has 2 aliphatic rings. The number of nitrogens with two attached hydrogens (primary N) is 1. The fourth-order valence-corrected chi connectivity index (χ4v) is 3.58. The van der Waals surface area contributed by atoms with Crippen molar-refractivity contribution in [1.29, 1.82) is 0 Å². The molecule has 120 valence electrons. The zero-order chi connectivity index (χ0) is 15.5. The summed E-state index contributed by atoms with van der Waals surface area (Å²) in [5, 5.41) is 0. The van der Waals surface area contributed by atoms with E-state index in [1.54, 1.807) is 0 Å². The zero-order valence-corrected chi connectivity index (χ0v) is 13.2. The quantitative estimate of drug-likeness (QED) is 0.780. The normalized spacial score (nSPS) is 27.8. The molecule has 0 spiro atoms. The van der Waals surface area contributed by atoms with E-state index in [1.807, 2.05) is 23.1 Å². The highest BCUT2D eigenvalue weighted by Crippen LogP contribution is 2.28. The first-order valence-corrected chi connectivity index (χ1v) is 8.24. The largest absolute Gasteiger partial charge is 0.342 e. The molecule has 4 N–H and O–H groups in total. The van der Waals surface area contributed by atoms with E-state index in [1.165, 1.54) is 0 Å². The molecule has 0 bridgehead atoms. The van der Waals surface area contributed by atoms with Crippen molar-refractivity contribution in [3.8, 4) is 0 Å². The Morgan fingerprint density at radius 2 is 1.95 bits per heavy atom. The summed E-state index contributed by atoms with van der Waals surface area (Å²) in [6.07, 6.45) is 2.04. The maximum atomic E-state index is 12.9. The van der Waals surface area contributed by atoms with Crippen LogP contribution in [-0.4, -0.2) is 36.5 Å². The predicted molar refractivity (Wildman–Crippen MR) is 86.8 cm³/mol. The lowest BCUT2D eigenvalue weighted by Gasteiger charge is -2.35. The fraction of sp³-hybridized carbons (Fsp3) is 0.588. The van der Waals surface area contributed by atoms with Crippen LogP contribution in [0, 0.1) is 11.8 Å². The van der Waals surface area contributed by atoms with Gasteiger partial charge in [0.2, 0.25) is 5.91 Å². The third kappa shape index (κ3) is 3.16. The van der Waals surface area contributed by atoms with E-state index in [2.05, 4.69) is 29.9 Å². The number of nitrogens with zero attached hydrogens (tertiary/aromatic N) is 1. The Labute approximate surface area is 132 Å². The molecule has 1 amide bonds. The van der Waals surface area contributed by atoms with Gasteiger partial charge in [-0.15, -0.1) is 0 Å². The van der Waals surface area contributed by atoms with E-state index in [0.717, 1.165) is 31.5 Å². The van der Waals surface area contributed by atoms with Gasteiger partial charge in [-0.2, -0.15) is 0 Å². The van der Waals surface area contributed by atoms with Crippen LogP contribution in [0.1, 0.15) is 31.4 Å². The van der Waals surface area contributed by atoms with E-state index < -0.39 is 0 Å². The summed E-state index contributed by atoms with van der Waals surface area (Å²) in [5.41, 5.74) is 13.6. The second-order valence-electron chi connectivity index (χ2n) is 6.54. The number of benzene rings is 1. The fourth-order valence-electron chi connectivity index (χ4n) is 3.58. The van der Waals surface area contributed by atoms with Gasteiger partial charge in [-0.3, -0.25) is 10.2 Å². The zero-order valence-electron chi connectivity index (χ0n) is 13.2. The number of nitrogens with one attached hydrogen (secondary N) is 2. The van der Waals surface area contributed by atoms with Crippen LogP contribution in [0.5, 0.6) is 0 Å². The molecule has 0 aromatic heterocycles. The topological polar surface area (TPSA) is 70.4 Å². The standard InChI is InChI=1S/C17H26N4O/c1-12(18)13-7-9-21(10-8-13)17(22)15-11-19-20-16(15)14-5-3-2-4-6-14/h2-6,12-13,15-16,19-20H,7-11,18H2,1H3. The summed E-state index contributed by atoms with van der Waals surface area (Å²) in [5.74, 6) is 0.775. The molecule has 1 aromatic rings. The number of hydrogen-bond acceptors (Lipinski definition) is 4. The van der Waals surface area contributed by atoms with Crippen molar-refractivity contribution in [3.63, 3.8) is 0 Å². The molecule has 3 unspecified atom stereocenters. The predicted octanol–water partition coefficient (Wildman–Crippen LogP) is 1.04. The first-order chi connectivity index (χ1) is 10.7. The van der Waals surface area contributed by atoms with Crippen LogP contribution in [0.25, 0.3) is 0 Å². The average molecular weight is 302 g/mol. The Morgan fingerprint density at radius 1 is 1.27 bits per heavy atom. The van der Waals surface area contributed by atoms with Crippen molar-refractivity contribution >= 4 is 5.91 Å². The Balaban J connectivity index is 1.65. The van der Waals surface area contributed by atoms with Gasteiger partial charge >= 0.3 is 0 Å². The molecule has 5 nitrogen and oxygen atoms in total. The summed E-state index contributed by atoms with van der Waals surface area (Å²) >= 11 is 0. The number of likely N-dealkylation sites (tertiary alicyclic amines) is 1. The van der Waals surface area contributed by atoms with Gasteiger partial charge < -0.3 is 10.6 Å². The Bertz CT molecular complexity index is 497. The molecule has 0 radical (unpaired) electrons. The third-order valence-corrected chi connectivity index (χ3v) is 5.05. The molecule has 3 rings (SSSR count). The summed E-state index contributed by atoms with van der Waals surface area (Å²) < 4.78 is 0. The molecule has 2 fully saturated rings. The lowest BCUT2D eigenvalue weighted by atomic mass is 9.89. The molecular formula is C17H26N4O. The number of amides is 1. The first kappa shape index (κ1) is 15.5. The number of rotatable bonds is 3. The van der Waals surface area contributed by atoms with E-state index >= 15 is 0 Å². The van der Waals surface area contributed by atoms with Gasteiger partial charge in [-0.25, -0.2) is 5.43 Å². The number of carbonyl (C=O) groups is 1. The molecule has 3 atom stereocenters. The molecule has 2 heterocycles. The monoisotopic (exact) mass is 302 g/mol. The molecule has 1 aromatic carbocycles. The summed E-state index contributed by atoms with van der Waals surface area (Å²) in [6.45, 7) is 4.43. The highest BCUT2D eigenvalue weighted by molar-refractivity contribution is 5.80. The maximum Gasteiger partial charge on any atom is 0.229 e. The Morgan fingerprint density at radius 3 is 2.59 bits per heavy atom. The molecule has 22 heavy (non-hydrogen) atoms. The highest BCUT2D eigenvalue weighted by atomic mass is 16.2. The minimum atomic E-state index is -0.0331. The van der Waals surface area contributed by atoms with Crippen molar-refractivity contribution in [3.05, 3.63) is 35.9 Å². The van der Waals surface area contributed by atoms with E-state index in [4.69, 9.17) is 5.73 Å². The summed E-state index contributed by atoms with van der Waals surface area (Å²) in [4.78, 5) is 14.9. The van der Waals surface area contributed by atoms with E-state index in [0.29, 0.717) is 12.5 Å². The lowest BCUT2D eigenvalue weighted by Crippen LogP contribution is -2.46. The molecule has 0 saturated carbocycles. The summed E-state index contributed by atoms with van der Waals surface area (Å²) in [6, 6.07) is 10.5. The summed E-state index contributed by atoms with van der Waals surface area (Å²) in [7, 11) is 0. The second-order valence-corrected chi connectivity index (χ2v) is 6.54. The van der Waals surface area contributed by atoms with Crippen molar-refractivity contribution in [2.45, 2.75) is 31.8 Å². The van der Waals surface area contributed by atoms with Crippen LogP contribution in [0.2, 0.25) is 0 Å².